The van der Waals surface area contributed by atoms with Gasteiger partial charge in [0, 0.05) is 31.6 Å². The van der Waals surface area contributed by atoms with Gasteiger partial charge in [0.25, 0.3) is 5.91 Å². The Morgan fingerprint density at radius 1 is 1.19 bits per heavy atom. The molecule has 0 spiro atoms. The number of nitrogens with zero attached hydrogens (tertiary/aromatic N) is 1. The van der Waals surface area contributed by atoms with Crippen LogP contribution in [0.15, 0.2) is 53.4 Å². The van der Waals surface area contributed by atoms with Gasteiger partial charge in [-0.05, 0) is 30.3 Å². The molecule has 3 rings (SSSR count). The van der Waals surface area contributed by atoms with Crippen molar-refractivity contribution >= 4 is 15.9 Å². The molecule has 0 saturated carbocycles. The standard InChI is InChI=1S/C19H22N2O5S/c1-21(2)27(24,25)15-9-7-14(8-10-15)18(22)20-13-19(23)11-12-26-17-6-4-3-5-16(17)19/h3-10,23H,11-13H2,1-2H3,(H,20,22). The number of carbonyl (C=O) groups is 1. The van der Waals surface area contributed by atoms with Crippen LogP contribution in [-0.4, -0.2) is 51.0 Å². The number of sulfonamides is 1. The van der Waals surface area contributed by atoms with Crippen LogP contribution in [0.25, 0.3) is 0 Å². The highest BCUT2D eigenvalue weighted by Gasteiger charge is 2.35. The van der Waals surface area contributed by atoms with Gasteiger partial charge in [-0.2, -0.15) is 0 Å². The van der Waals surface area contributed by atoms with E-state index in [0.29, 0.717) is 29.9 Å². The topological polar surface area (TPSA) is 95.9 Å². The zero-order chi connectivity index (χ0) is 19.7. The number of hydrogen-bond acceptors (Lipinski definition) is 5. The Hall–Kier alpha value is -2.42. The van der Waals surface area contributed by atoms with E-state index in [4.69, 9.17) is 4.74 Å². The third-order valence-corrected chi connectivity index (χ3v) is 6.43. The summed E-state index contributed by atoms with van der Waals surface area (Å²) in [6, 6.07) is 12.9. The van der Waals surface area contributed by atoms with Crippen LogP contribution in [0.5, 0.6) is 5.75 Å². The molecule has 0 saturated heterocycles. The lowest BCUT2D eigenvalue weighted by atomic mass is 9.88. The van der Waals surface area contributed by atoms with E-state index >= 15 is 0 Å². The third-order valence-electron chi connectivity index (χ3n) is 4.60. The fourth-order valence-electron chi connectivity index (χ4n) is 2.94. The molecule has 8 heteroatoms. The summed E-state index contributed by atoms with van der Waals surface area (Å²) in [5.74, 6) is 0.222. The lowest BCUT2D eigenvalue weighted by Crippen LogP contribution is -2.43. The molecule has 2 N–H and O–H groups in total. The van der Waals surface area contributed by atoms with Gasteiger partial charge in [0.2, 0.25) is 10.0 Å². The van der Waals surface area contributed by atoms with E-state index in [1.165, 1.54) is 38.4 Å². The van der Waals surface area contributed by atoms with Crippen LogP contribution in [0.2, 0.25) is 0 Å². The van der Waals surface area contributed by atoms with E-state index in [9.17, 15) is 18.3 Å². The van der Waals surface area contributed by atoms with Crippen molar-refractivity contribution in [2.45, 2.75) is 16.9 Å². The maximum Gasteiger partial charge on any atom is 0.251 e. The number of hydrogen-bond donors (Lipinski definition) is 2. The maximum absolute atomic E-state index is 12.4. The van der Waals surface area contributed by atoms with E-state index in [1.54, 1.807) is 12.1 Å². The van der Waals surface area contributed by atoms with Crippen LogP contribution in [0.4, 0.5) is 0 Å². The van der Waals surface area contributed by atoms with Crippen LogP contribution in [0.1, 0.15) is 22.3 Å². The summed E-state index contributed by atoms with van der Waals surface area (Å²) in [4.78, 5) is 12.5. The molecule has 0 aliphatic carbocycles. The van der Waals surface area contributed by atoms with Crippen LogP contribution < -0.4 is 10.1 Å². The van der Waals surface area contributed by atoms with Crippen molar-refractivity contribution in [2.75, 3.05) is 27.2 Å². The van der Waals surface area contributed by atoms with E-state index < -0.39 is 15.6 Å². The molecule has 0 radical (unpaired) electrons. The molecule has 0 bridgehead atoms. The number of benzene rings is 2. The van der Waals surface area contributed by atoms with Gasteiger partial charge in [-0.1, -0.05) is 18.2 Å². The fraction of sp³-hybridized carbons (Fsp3) is 0.316. The molecule has 2 aromatic rings. The molecule has 1 atom stereocenters. The number of carbonyl (C=O) groups excluding carboxylic acids is 1. The quantitative estimate of drug-likeness (QED) is 0.803. The Morgan fingerprint density at radius 2 is 1.85 bits per heavy atom. The minimum Gasteiger partial charge on any atom is -0.493 e. The lowest BCUT2D eigenvalue weighted by molar-refractivity contribution is -0.00160. The maximum atomic E-state index is 12.4. The van der Waals surface area contributed by atoms with E-state index in [-0.39, 0.29) is 17.3 Å². The summed E-state index contributed by atoms with van der Waals surface area (Å²) < 4.78 is 30.8. The minimum atomic E-state index is -3.54. The molecule has 1 aliphatic heterocycles. The van der Waals surface area contributed by atoms with Crippen molar-refractivity contribution in [3.8, 4) is 5.75 Å². The molecule has 7 nitrogen and oxygen atoms in total. The van der Waals surface area contributed by atoms with Crippen molar-refractivity contribution in [3.63, 3.8) is 0 Å². The van der Waals surface area contributed by atoms with Gasteiger partial charge < -0.3 is 15.2 Å². The number of fused-ring (bicyclic) bond motifs is 1. The average molecular weight is 390 g/mol. The molecule has 0 aromatic heterocycles. The Kier molecular flexibility index (Phi) is 5.23. The van der Waals surface area contributed by atoms with Crippen molar-refractivity contribution in [3.05, 3.63) is 59.7 Å². The van der Waals surface area contributed by atoms with Gasteiger partial charge in [-0.15, -0.1) is 0 Å². The van der Waals surface area contributed by atoms with Crippen molar-refractivity contribution in [1.29, 1.82) is 0 Å². The molecular formula is C19H22N2O5S. The molecule has 1 amide bonds. The second-order valence-electron chi connectivity index (χ2n) is 6.62. The van der Waals surface area contributed by atoms with Gasteiger partial charge >= 0.3 is 0 Å². The molecule has 1 aliphatic rings. The Bertz CT molecular complexity index is 941. The molecule has 1 unspecified atom stereocenters. The highest BCUT2D eigenvalue weighted by Crippen LogP contribution is 2.36. The molecule has 144 valence electrons. The molecule has 27 heavy (non-hydrogen) atoms. The highest BCUT2D eigenvalue weighted by atomic mass is 32.2. The molecule has 1 heterocycles. The van der Waals surface area contributed by atoms with E-state index in [1.807, 2.05) is 12.1 Å². The van der Waals surface area contributed by atoms with Crippen molar-refractivity contribution < 1.29 is 23.1 Å². The zero-order valence-electron chi connectivity index (χ0n) is 15.2. The van der Waals surface area contributed by atoms with Gasteiger partial charge in [0.05, 0.1) is 18.0 Å². The SMILES string of the molecule is CN(C)S(=O)(=O)c1ccc(C(=O)NCC2(O)CCOc3ccccc32)cc1. The summed E-state index contributed by atoms with van der Waals surface area (Å²) in [5.41, 5.74) is -0.251. The van der Waals surface area contributed by atoms with Crippen molar-refractivity contribution in [1.82, 2.24) is 9.62 Å². The number of para-hydroxylation sites is 1. The molecular weight excluding hydrogens is 368 g/mol. The smallest absolute Gasteiger partial charge is 0.251 e. The summed E-state index contributed by atoms with van der Waals surface area (Å²) >= 11 is 0. The summed E-state index contributed by atoms with van der Waals surface area (Å²) in [6.07, 6.45) is 0.365. The number of amides is 1. The van der Waals surface area contributed by atoms with Gasteiger partial charge in [0.1, 0.15) is 11.4 Å². The fourth-order valence-corrected chi connectivity index (χ4v) is 3.84. The largest absolute Gasteiger partial charge is 0.493 e. The van der Waals surface area contributed by atoms with Crippen LogP contribution in [-0.2, 0) is 15.6 Å². The number of nitrogens with one attached hydrogen (secondary N) is 1. The Labute approximate surface area is 158 Å². The van der Waals surface area contributed by atoms with Crippen LogP contribution >= 0.6 is 0 Å². The first-order valence-corrected chi connectivity index (χ1v) is 9.93. The first kappa shape index (κ1) is 19.3. The monoisotopic (exact) mass is 390 g/mol. The second-order valence-corrected chi connectivity index (χ2v) is 8.77. The number of ether oxygens (including phenoxy) is 1. The highest BCUT2D eigenvalue weighted by molar-refractivity contribution is 7.89. The lowest BCUT2D eigenvalue weighted by Gasteiger charge is -2.34. The van der Waals surface area contributed by atoms with Crippen LogP contribution in [0.3, 0.4) is 0 Å². The van der Waals surface area contributed by atoms with Gasteiger partial charge in [0.15, 0.2) is 0 Å². The van der Waals surface area contributed by atoms with Crippen LogP contribution in [0, 0.1) is 0 Å². The normalized spacial score (nSPS) is 19.3. The van der Waals surface area contributed by atoms with E-state index in [2.05, 4.69) is 5.32 Å². The van der Waals surface area contributed by atoms with E-state index in [0.717, 1.165) is 4.31 Å². The number of aliphatic hydroxyl groups is 1. The minimum absolute atomic E-state index is 0.0317. The predicted octanol–water partition coefficient (Wildman–Crippen LogP) is 1.34. The van der Waals surface area contributed by atoms with Crippen molar-refractivity contribution in [2.24, 2.45) is 0 Å². The zero-order valence-corrected chi connectivity index (χ0v) is 16.0. The Morgan fingerprint density at radius 3 is 2.52 bits per heavy atom. The average Bonchev–Trinajstić information content (AvgIpc) is 2.66. The Balaban J connectivity index is 1.72. The first-order chi connectivity index (χ1) is 12.7. The predicted molar refractivity (Wildman–Crippen MR) is 100 cm³/mol. The van der Waals surface area contributed by atoms with Gasteiger partial charge in [-0.25, -0.2) is 12.7 Å². The molecule has 0 fully saturated rings. The molecule has 2 aromatic carbocycles. The first-order valence-electron chi connectivity index (χ1n) is 8.49. The summed E-state index contributed by atoms with van der Waals surface area (Å²) in [6.45, 7) is 0.393. The number of rotatable bonds is 5. The summed E-state index contributed by atoms with van der Waals surface area (Å²) in [7, 11) is -0.651. The second kappa shape index (κ2) is 7.30. The summed E-state index contributed by atoms with van der Waals surface area (Å²) in [5, 5.41) is 13.7. The van der Waals surface area contributed by atoms with Gasteiger partial charge in [-0.3, -0.25) is 4.79 Å². The third kappa shape index (κ3) is 3.83.